The predicted molar refractivity (Wildman–Crippen MR) is 81.7 cm³/mol. The summed E-state index contributed by atoms with van der Waals surface area (Å²) in [5, 5.41) is 0. The molecule has 0 spiro atoms. The second-order valence-corrected chi connectivity index (χ2v) is 8.80. The van der Waals surface area contributed by atoms with Crippen LogP contribution in [-0.4, -0.2) is 11.6 Å². The van der Waals surface area contributed by atoms with E-state index in [2.05, 4.69) is 13.8 Å². The van der Waals surface area contributed by atoms with Gasteiger partial charge in [0.25, 0.3) is 0 Å². The molecule has 4 aliphatic rings. The number of fused-ring (bicyclic) bond motifs is 5. The molecular formula is C19H28O2. The van der Waals surface area contributed by atoms with E-state index in [0.717, 1.165) is 18.8 Å². The lowest BCUT2D eigenvalue weighted by Crippen LogP contribution is -2.56. The lowest BCUT2D eigenvalue weighted by Gasteiger charge is -2.58. The summed E-state index contributed by atoms with van der Waals surface area (Å²) in [5.41, 5.74) is -0.0681. The van der Waals surface area contributed by atoms with Crippen LogP contribution in [-0.2, 0) is 9.59 Å². The summed E-state index contributed by atoms with van der Waals surface area (Å²) >= 11 is 0. The highest BCUT2D eigenvalue weighted by molar-refractivity contribution is 5.95. The molecule has 0 saturated heterocycles. The first-order valence-electron chi connectivity index (χ1n) is 9.03. The lowest BCUT2D eigenvalue weighted by molar-refractivity contribution is -0.159. The number of carbonyl (C=O) groups excluding carboxylic acids is 2. The summed E-state index contributed by atoms with van der Waals surface area (Å²) in [5.74, 6) is 2.83. The van der Waals surface area contributed by atoms with Crippen molar-refractivity contribution in [3.05, 3.63) is 0 Å². The van der Waals surface area contributed by atoms with Crippen LogP contribution in [0.15, 0.2) is 0 Å². The van der Waals surface area contributed by atoms with Crippen molar-refractivity contribution >= 4 is 11.6 Å². The SMILES string of the molecule is C[C@@]12CCCC[C@@H]1CC[C@H]1[C@H]2C(=O)C[C@]2(C)C(=O)CC[C@H]12. The van der Waals surface area contributed by atoms with Crippen molar-refractivity contribution in [1.29, 1.82) is 0 Å². The summed E-state index contributed by atoms with van der Waals surface area (Å²) in [7, 11) is 0. The molecule has 0 aromatic heterocycles. The molecule has 2 heteroatoms. The van der Waals surface area contributed by atoms with Gasteiger partial charge in [-0.2, -0.15) is 0 Å². The van der Waals surface area contributed by atoms with Gasteiger partial charge in [0.05, 0.1) is 0 Å². The summed E-state index contributed by atoms with van der Waals surface area (Å²) in [6, 6.07) is 0. The minimum absolute atomic E-state index is 0.241. The molecule has 2 nitrogen and oxygen atoms in total. The van der Waals surface area contributed by atoms with Gasteiger partial charge in [-0.1, -0.05) is 26.7 Å². The zero-order valence-corrected chi connectivity index (χ0v) is 13.5. The Kier molecular flexibility index (Phi) is 2.94. The van der Waals surface area contributed by atoms with E-state index in [0.29, 0.717) is 29.8 Å². The third-order valence-electron chi connectivity index (χ3n) is 7.98. The normalized spacial score (nSPS) is 53.0. The van der Waals surface area contributed by atoms with Gasteiger partial charge < -0.3 is 0 Å². The van der Waals surface area contributed by atoms with Crippen LogP contribution < -0.4 is 0 Å². The molecule has 0 aliphatic heterocycles. The third-order valence-corrected chi connectivity index (χ3v) is 7.98. The molecule has 21 heavy (non-hydrogen) atoms. The first-order chi connectivity index (χ1) is 9.97. The standard InChI is InChI=1S/C19H28O2/c1-18-10-4-3-5-12(18)6-7-13-14-8-9-16(21)19(14,2)11-15(20)17(13)18/h12-14,17H,3-11H2,1-2H3/t12-,13-,14-,17+,18-,19+/m1/s1. The molecule has 6 atom stereocenters. The number of Topliss-reactive ketones (excluding diaryl/α,β-unsaturated/α-hetero) is 2. The fourth-order valence-electron chi connectivity index (χ4n) is 6.89. The number of carbonyl (C=O) groups is 2. The third kappa shape index (κ3) is 1.71. The zero-order valence-electron chi connectivity index (χ0n) is 13.5. The van der Waals surface area contributed by atoms with Gasteiger partial charge in [0.15, 0.2) is 0 Å². The summed E-state index contributed by atoms with van der Waals surface area (Å²) in [6.45, 7) is 4.50. The Morgan fingerprint density at radius 1 is 1.00 bits per heavy atom. The highest BCUT2D eigenvalue weighted by atomic mass is 16.1. The van der Waals surface area contributed by atoms with Gasteiger partial charge in [-0.25, -0.2) is 0 Å². The molecule has 0 bridgehead atoms. The van der Waals surface area contributed by atoms with Gasteiger partial charge in [-0.05, 0) is 55.3 Å². The van der Waals surface area contributed by atoms with Gasteiger partial charge >= 0.3 is 0 Å². The average molecular weight is 288 g/mol. The van der Waals surface area contributed by atoms with Crippen LogP contribution in [0.25, 0.3) is 0 Å². The number of hydrogen-bond donors (Lipinski definition) is 0. The monoisotopic (exact) mass is 288 g/mol. The van der Waals surface area contributed by atoms with E-state index >= 15 is 0 Å². The fourth-order valence-corrected chi connectivity index (χ4v) is 6.89. The maximum absolute atomic E-state index is 13.0. The predicted octanol–water partition coefficient (Wildman–Crippen LogP) is 4.17. The highest BCUT2D eigenvalue weighted by Gasteiger charge is 2.62. The van der Waals surface area contributed by atoms with E-state index in [4.69, 9.17) is 0 Å². The van der Waals surface area contributed by atoms with Crippen molar-refractivity contribution < 1.29 is 9.59 Å². The Hall–Kier alpha value is -0.660. The van der Waals surface area contributed by atoms with Gasteiger partial charge in [0.1, 0.15) is 11.6 Å². The summed E-state index contributed by atoms with van der Waals surface area (Å²) in [4.78, 5) is 25.4. The molecule has 4 rings (SSSR count). The van der Waals surface area contributed by atoms with Crippen LogP contribution >= 0.6 is 0 Å². The maximum Gasteiger partial charge on any atom is 0.139 e. The van der Waals surface area contributed by atoms with E-state index < -0.39 is 0 Å². The van der Waals surface area contributed by atoms with E-state index in [1.165, 1.54) is 38.5 Å². The van der Waals surface area contributed by atoms with Crippen molar-refractivity contribution in [2.75, 3.05) is 0 Å². The second kappa shape index (κ2) is 4.43. The molecule has 116 valence electrons. The molecule has 0 unspecified atom stereocenters. The topological polar surface area (TPSA) is 34.1 Å². The number of ketones is 2. The Bertz CT molecular complexity index is 496. The van der Waals surface area contributed by atoms with E-state index in [-0.39, 0.29) is 16.7 Å². The highest BCUT2D eigenvalue weighted by Crippen LogP contribution is 2.64. The van der Waals surface area contributed by atoms with Crippen LogP contribution in [0, 0.1) is 34.5 Å². The van der Waals surface area contributed by atoms with Crippen molar-refractivity contribution in [2.24, 2.45) is 34.5 Å². The van der Waals surface area contributed by atoms with E-state index in [9.17, 15) is 9.59 Å². The van der Waals surface area contributed by atoms with Crippen LogP contribution in [0.1, 0.15) is 71.6 Å². The number of hydrogen-bond acceptors (Lipinski definition) is 2. The summed E-state index contributed by atoms with van der Waals surface area (Å²) < 4.78 is 0. The van der Waals surface area contributed by atoms with Gasteiger partial charge in [-0.15, -0.1) is 0 Å². The molecule has 4 aliphatic carbocycles. The fraction of sp³-hybridized carbons (Fsp3) is 0.895. The number of rotatable bonds is 0. The average Bonchev–Trinajstić information content (AvgIpc) is 2.73. The molecule has 4 saturated carbocycles. The molecule has 4 fully saturated rings. The Morgan fingerprint density at radius 3 is 2.62 bits per heavy atom. The van der Waals surface area contributed by atoms with Gasteiger partial charge in [0.2, 0.25) is 0 Å². The van der Waals surface area contributed by atoms with Crippen LogP contribution in [0.5, 0.6) is 0 Å². The van der Waals surface area contributed by atoms with E-state index in [1.807, 2.05) is 0 Å². The van der Waals surface area contributed by atoms with E-state index in [1.54, 1.807) is 0 Å². The molecular weight excluding hydrogens is 260 g/mol. The van der Waals surface area contributed by atoms with Crippen molar-refractivity contribution in [1.82, 2.24) is 0 Å². The van der Waals surface area contributed by atoms with Crippen LogP contribution in [0.2, 0.25) is 0 Å². The second-order valence-electron chi connectivity index (χ2n) is 8.80. The molecule has 0 radical (unpaired) electrons. The van der Waals surface area contributed by atoms with Crippen molar-refractivity contribution in [3.63, 3.8) is 0 Å². The maximum atomic E-state index is 13.0. The lowest BCUT2D eigenvalue weighted by atomic mass is 9.45. The smallest absolute Gasteiger partial charge is 0.139 e. The molecule has 0 aromatic rings. The Balaban J connectivity index is 1.73. The minimum Gasteiger partial charge on any atom is -0.299 e. The Morgan fingerprint density at radius 2 is 1.81 bits per heavy atom. The first-order valence-corrected chi connectivity index (χ1v) is 9.03. The van der Waals surface area contributed by atoms with Crippen molar-refractivity contribution in [2.45, 2.75) is 71.6 Å². The first kappa shape index (κ1) is 14.0. The Labute approximate surface area is 128 Å². The molecule has 0 aromatic carbocycles. The molecule has 0 amide bonds. The summed E-state index contributed by atoms with van der Waals surface area (Å²) in [6.07, 6.45) is 10.0. The van der Waals surface area contributed by atoms with Crippen molar-refractivity contribution in [3.8, 4) is 0 Å². The zero-order chi connectivity index (χ0) is 14.8. The quantitative estimate of drug-likeness (QED) is 0.670. The van der Waals surface area contributed by atoms with Gasteiger partial charge in [0, 0.05) is 24.2 Å². The molecule has 0 N–H and O–H groups in total. The van der Waals surface area contributed by atoms with Gasteiger partial charge in [-0.3, -0.25) is 9.59 Å². The largest absolute Gasteiger partial charge is 0.299 e. The van der Waals surface area contributed by atoms with Crippen LogP contribution in [0.4, 0.5) is 0 Å². The minimum atomic E-state index is -0.309. The van der Waals surface area contributed by atoms with Crippen LogP contribution in [0.3, 0.4) is 0 Å². The molecule has 0 heterocycles.